The second-order valence-electron chi connectivity index (χ2n) is 8.03. The van der Waals surface area contributed by atoms with Crippen molar-refractivity contribution < 1.29 is 38.0 Å². The Morgan fingerprint density at radius 2 is 1.41 bits per heavy atom. The maximum absolute atomic E-state index is 13.2. The molecular formula is C23H30IN3O2. The molecule has 0 heterocycles. The number of hydrogen-bond acceptors (Lipinski definition) is 4. The monoisotopic (exact) mass is 507 g/mol. The van der Waals surface area contributed by atoms with Crippen LogP contribution in [0, 0.1) is 0 Å². The van der Waals surface area contributed by atoms with Gasteiger partial charge in [-0.2, -0.15) is 0 Å². The lowest BCUT2D eigenvalue weighted by Crippen LogP contribution is -3.00. The molecule has 0 saturated carbocycles. The molecule has 0 fully saturated rings. The van der Waals surface area contributed by atoms with E-state index in [2.05, 4.69) is 31.7 Å². The molecule has 6 heteroatoms. The van der Waals surface area contributed by atoms with E-state index in [4.69, 9.17) is 0 Å². The first-order valence-electron chi connectivity index (χ1n) is 9.98. The van der Waals surface area contributed by atoms with Gasteiger partial charge in [0.25, 0.3) is 0 Å². The van der Waals surface area contributed by atoms with Crippen LogP contribution < -0.4 is 34.6 Å². The average Bonchev–Trinajstić information content (AvgIpc) is 2.68. The van der Waals surface area contributed by atoms with Gasteiger partial charge in [0, 0.05) is 42.5 Å². The number of nitrogens with one attached hydrogen (secondary N) is 2. The molecule has 2 aromatic rings. The molecule has 0 saturated heterocycles. The number of carbonyl (C=O) groups excluding carboxylic acids is 2. The van der Waals surface area contributed by atoms with Crippen LogP contribution in [-0.2, 0) is 0 Å². The van der Waals surface area contributed by atoms with Crippen LogP contribution in [0.5, 0.6) is 0 Å². The minimum Gasteiger partial charge on any atom is -1.00 e. The van der Waals surface area contributed by atoms with Crippen molar-refractivity contribution in [1.29, 1.82) is 0 Å². The second-order valence-corrected chi connectivity index (χ2v) is 8.03. The molecule has 29 heavy (non-hydrogen) atoms. The van der Waals surface area contributed by atoms with Crippen LogP contribution in [0.3, 0.4) is 0 Å². The zero-order valence-electron chi connectivity index (χ0n) is 17.6. The Morgan fingerprint density at radius 1 is 0.862 bits per heavy atom. The number of nitrogens with zero attached hydrogens (tertiary/aromatic N) is 1. The molecule has 3 rings (SSSR count). The van der Waals surface area contributed by atoms with E-state index in [-0.39, 0.29) is 35.5 Å². The predicted octanol–water partition coefficient (Wildman–Crippen LogP) is 0.796. The van der Waals surface area contributed by atoms with E-state index in [1.165, 1.54) is 0 Å². The third kappa shape index (κ3) is 4.80. The number of ketones is 2. The largest absolute Gasteiger partial charge is 1.00 e. The summed E-state index contributed by atoms with van der Waals surface area (Å²) in [4.78, 5) is 26.3. The third-order valence-electron chi connectivity index (χ3n) is 5.43. The Bertz CT molecular complexity index is 909. The van der Waals surface area contributed by atoms with Crippen LogP contribution in [-0.4, -0.2) is 56.8 Å². The van der Waals surface area contributed by atoms with Crippen LogP contribution in [0.1, 0.15) is 51.6 Å². The Hall–Kier alpha value is -1.93. The minimum absolute atomic E-state index is 0. The number of carbonyl (C=O) groups is 2. The third-order valence-corrected chi connectivity index (χ3v) is 5.43. The normalized spacial score (nSPS) is 12.7. The molecule has 5 nitrogen and oxygen atoms in total. The second kappa shape index (κ2) is 9.71. The summed E-state index contributed by atoms with van der Waals surface area (Å²) in [6, 6.07) is 10.8. The summed E-state index contributed by atoms with van der Waals surface area (Å²) < 4.78 is 0.986. The van der Waals surface area contributed by atoms with E-state index in [9.17, 15) is 9.59 Å². The van der Waals surface area contributed by atoms with Gasteiger partial charge >= 0.3 is 0 Å². The van der Waals surface area contributed by atoms with Crippen molar-refractivity contribution in [2.45, 2.75) is 19.8 Å². The number of hydrogen-bond donors (Lipinski definition) is 2. The average molecular weight is 507 g/mol. The highest BCUT2D eigenvalue weighted by molar-refractivity contribution is 6.31. The molecule has 0 bridgehead atoms. The molecule has 0 atom stereocenters. The molecule has 0 unspecified atom stereocenters. The van der Waals surface area contributed by atoms with E-state index in [0.29, 0.717) is 27.9 Å². The van der Waals surface area contributed by atoms with Gasteiger partial charge in [-0.25, -0.2) is 0 Å². The Labute approximate surface area is 190 Å². The zero-order chi connectivity index (χ0) is 20.3. The standard InChI is InChI=1S/C23H29N3O2.HI/c1-5-14-26(3,4)15-8-13-25-19-12-11-18(24-2)20-21(19)23(28)17-10-7-6-9-16(17)22(20)27;/h6-7,9-12H,5,8,13-15H2,1-4H3,(H-,24,25,27,28);1H. The summed E-state index contributed by atoms with van der Waals surface area (Å²) in [7, 11) is 6.26. The van der Waals surface area contributed by atoms with Crippen molar-refractivity contribution in [3.8, 4) is 0 Å². The molecule has 0 radical (unpaired) electrons. The highest BCUT2D eigenvalue weighted by Gasteiger charge is 2.33. The Kier molecular flexibility index (Phi) is 7.82. The van der Waals surface area contributed by atoms with Crippen LogP contribution in [0.2, 0.25) is 0 Å². The van der Waals surface area contributed by atoms with Gasteiger partial charge in [0.15, 0.2) is 11.6 Å². The molecule has 0 aromatic heterocycles. The van der Waals surface area contributed by atoms with Crippen LogP contribution >= 0.6 is 0 Å². The molecule has 0 aliphatic heterocycles. The molecule has 156 valence electrons. The molecule has 1 aliphatic carbocycles. The summed E-state index contributed by atoms with van der Waals surface area (Å²) in [6.07, 6.45) is 2.16. The van der Waals surface area contributed by atoms with Crippen molar-refractivity contribution in [1.82, 2.24) is 0 Å². The van der Waals surface area contributed by atoms with Gasteiger partial charge in [-0.15, -0.1) is 0 Å². The molecule has 1 aliphatic rings. The number of anilines is 2. The fourth-order valence-electron chi connectivity index (χ4n) is 4.03. The summed E-state index contributed by atoms with van der Waals surface area (Å²) in [6.45, 7) is 5.18. The van der Waals surface area contributed by atoms with Crippen LogP contribution in [0.25, 0.3) is 0 Å². The maximum Gasteiger partial charge on any atom is 0.196 e. The smallest absolute Gasteiger partial charge is 0.196 e. The van der Waals surface area contributed by atoms with Gasteiger partial charge in [0.1, 0.15) is 0 Å². The molecule has 0 amide bonds. The molecular weight excluding hydrogens is 477 g/mol. The highest BCUT2D eigenvalue weighted by Crippen LogP contribution is 2.36. The van der Waals surface area contributed by atoms with Crippen molar-refractivity contribution in [2.24, 2.45) is 0 Å². The molecule has 2 N–H and O–H groups in total. The van der Waals surface area contributed by atoms with Gasteiger partial charge < -0.3 is 39.1 Å². The first-order chi connectivity index (χ1) is 13.4. The van der Waals surface area contributed by atoms with E-state index in [1.807, 2.05) is 12.1 Å². The van der Waals surface area contributed by atoms with E-state index in [0.717, 1.165) is 42.6 Å². The van der Waals surface area contributed by atoms with Crippen molar-refractivity contribution in [3.63, 3.8) is 0 Å². The Balaban J connectivity index is 0.00000300. The number of rotatable bonds is 8. The molecule has 2 aromatic carbocycles. The minimum atomic E-state index is -0.0982. The lowest BCUT2D eigenvalue weighted by Gasteiger charge is -2.29. The first-order valence-corrected chi connectivity index (χ1v) is 9.98. The van der Waals surface area contributed by atoms with E-state index in [1.54, 1.807) is 31.3 Å². The van der Waals surface area contributed by atoms with Gasteiger partial charge in [-0.05, 0) is 18.6 Å². The number of benzene rings is 2. The fraction of sp³-hybridized carbons (Fsp3) is 0.391. The quantitative estimate of drug-likeness (QED) is 0.269. The van der Waals surface area contributed by atoms with Crippen molar-refractivity contribution in [3.05, 3.63) is 58.7 Å². The van der Waals surface area contributed by atoms with Crippen molar-refractivity contribution in [2.75, 3.05) is 51.4 Å². The lowest BCUT2D eigenvalue weighted by molar-refractivity contribution is -0.890. The maximum atomic E-state index is 13.2. The molecule has 0 spiro atoms. The SMILES string of the molecule is CCC[N+](C)(C)CCCNc1ccc(NC)c2c1C(=O)c1ccccc1C2=O.[I-]. The van der Waals surface area contributed by atoms with Gasteiger partial charge in [-0.3, -0.25) is 9.59 Å². The fourth-order valence-corrected chi connectivity index (χ4v) is 4.03. The summed E-state index contributed by atoms with van der Waals surface area (Å²) in [5, 5.41) is 6.47. The summed E-state index contributed by atoms with van der Waals surface area (Å²) in [5.74, 6) is -0.189. The van der Waals surface area contributed by atoms with E-state index < -0.39 is 0 Å². The number of quaternary nitrogens is 1. The zero-order valence-corrected chi connectivity index (χ0v) is 19.8. The summed E-state index contributed by atoms with van der Waals surface area (Å²) >= 11 is 0. The first kappa shape index (κ1) is 23.3. The predicted molar refractivity (Wildman–Crippen MR) is 115 cm³/mol. The number of halogens is 1. The highest BCUT2D eigenvalue weighted by atomic mass is 127. The summed E-state index contributed by atoms with van der Waals surface area (Å²) in [5.41, 5.74) is 3.34. The van der Waals surface area contributed by atoms with Crippen molar-refractivity contribution >= 4 is 22.9 Å². The Morgan fingerprint density at radius 3 is 1.97 bits per heavy atom. The lowest BCUT2D eigenvalue weighted by atomic mass is 9.82. The topological polar surface area (TPSA) is 58.2 Å². The van der Waals surface area contributed by atoms with Gasteiger partial charge in [-0.1, -0.05) is 31.2 Å². The van der Waals surface area contributed by atoms with Gasteiger partial charge in [0.2, 0.25) is 0 Å². The van der Waals surface area contributed by atoms with E-state index >= 15 is 0 Å². The van der Waals surface area contributed by atoms with Crippen LogP contribution in [0.4, 0.5) is 11.4 Å². The number of fused-ring (bicyclic) bond motifs is 2. The van der Waals surface area contributed by atoms with Gasteiger partial charge in [0.05, 0.1) is 38.3 Å². The van der Waals surface area contributed by atoms with Crippen LogP contribution in [0.15, 0.2) is 36.4 Å².